The van der Waals surface area contributed by atoms with Crippen molar-refractivity contribution in [2.24, 2.45) is 4.99 Å². The third-order valence-electron chi connectivity index (χ3n) is 3.53. The predicted molar refractivity (Wildman–Crippen MR) is 95.6 cm³/mol. The number of ether oxygens (including phenoxy) is 1. The van der Waals surface area contributed by atoms with Gasteiger partial charge in [0.2, 0.25) is 0 Å². The van der Waals surface area contributed by atoms with Gasteiger partial charge in [0.05, 0.1) is 5.69 Å². The van der Waals surface area contributed by atoms with Crippen LogP contribution in [0.3, 0.4) is 0 Å². The highest BCUT2D eigenvalue weighted by Gasteiger charge is 1.96. The van der Waals surface area contributed by atoms with E-state index in [9.17, 15) is 0 Å². The topological polar surface area (TPSA) is 21.6 Å². The van der Waals surface area contributed by atoms with Crippen LogP contribution >= 0.6 is 0 Å². The van der Waals surface area contributed by atoms with E-state index in [1.54, 1.807) is 0 Å². The van der Waals surface area contributed by atoms with Gasteiger partial charge in [-0.3, -0.25) is 4.99 Å². The number of benzene rings is 3. The third-order valence-corrected chi connectivity index (χ3v) is 3.53. The van der Waals surface area contributed by atoms with Crippen molar-refractivity contribution >= 4 is 11.9 Å². The summed E-state index contributed by atoms with van der Waals surface area (Å²) in [5.41, 5.74) is 4.42. The fraction of sp³-hybridized carbons (Fsp3) is 0.0952. The van der Waals surface area contributed by atoms with Crippen molar-refractivity contribution in [1.82, 2.24) is 0 Å². The largest absolute Gasteiger partial charge is 0.489 e. The van der Waals surface area contributed by atoms with Gasteiger partial charge in [0, 0.05) is 6.21 Å². The Morgan fingerprint density at radius 2 is 1.52 bits per heavy atom. The van der Waals surface area contributed by atoms with Crippen molar-refractivity contribution in [3.05, 3.63) is 95.6 Å². The summed E-state index contributed by atoms with van der Waals surface area (Å²) in [6.45, 7) is 2.65. The summed E-state index contributed by atoms with van der Waals surface area (Å²) >= 11 is 0. The number of aryl methyl sites for hydroxylation is 1. The van der Waals surface area contributed by atoms with Gasteiger partial charge in [-0.05, 0) is 54.4 Å². The molecule has 0 N–H and O–H groups in total. The molecular weight excluding hydrogens is 282 g/mol. The highest BCUT2D eigenvalue weighted by atomic mass is 16.5. The van der Waals surface area contributed by atoms with E-state index in [4.69, 9.17) is 4.74 Å². The molecule has 3 aromatic carbocycles. The summed E-state index contributed by atoms with van der Waals surface area (Å²) < 4.78 is 5.78. The summed E-state index contributed by atoms with van der Waals surface area (Å²) in [5, 5.41) is 0. The second-order valence-electron chi connectivity index (χ2n) is 5.44. The van der Waals surface area contributed by atoms with E-state index in [-0.39, 0.29) is 0 Å². The van der Waals surface area contributed by atoms with Crippen molar-refractivity contribution in [2.45, 2.75) is 13.5 Å². The Labute approximate surface area is 137 Å². The van der Waals surface area contributed by atoms with Crippen LogP contribution in [0.2, 0.25) is 0 Å². The van der Waals surface area contributed by atoms with Crippen molar-refractivity contribution < 1.29 is 4.74 Å². The van der Waals surface area contributed by atoms with Crippen LogP contribution in [0, 0.1) is 6.92 Å². The average Bonchev–Trinajstić information content (AvgIpc) is 2.61. The Kier molecular flexibility index (Phi) is 4.85. The van der Waals surface area contributed by atoms with Crippen molar-refractivity contribution in [3.8, 4) is 5.75 Å². The number of hydrogen-bond donors (Lipinski definition) is 0. The van der Waals surface area contributed by atoms with Crippen LogP contribution in [0.25, 0.3) is 0 Å². The molecule has 3 rings (SSSR count). The van der Waals surface area contributed by atoms with Crippen LogP contribution < -0.4 is 4.74 Å². The minimum Gasteiger partial charge on any atom is -0.489 e. The zero-order valence-electron chi connectivity index (χ0n) is 13.1. The van der Waals surface area contributed by atoms with Crippen LogP contribution in [0.4, 0.5) is 5.69 Å². The van der Waals surface area contributed by atoms with Crippen LogP contribution in [0.1, 0.15) is 16.7 Å². The van der Waals surface area contributed by atoms with E-state index in [0.717, 1.165) is 22.6 Å². The van der Waals surface area contributed by atoms with E-state index in [2.05, 4.69) is 36.2 Å². The van der Waals surface area contributed by atoms with Gasteiger partial charge in [0.15, 0.2) is 0 Å². The molecule has 0 aliphatic heterocycles. The quantitative estimate of drug-likeness (QED) is 0.584. The Balaban J connectivity index is 1.59. The van der Waals surface area contributed by atoms with E-state index in [0.29, 0.717) is 6.61 Å². The number of hydrogen-bond acceptors (Lipinski definition) is 2. The Hall–Kier alpha value is -2.87. The molecule has 0 saturated carbocycles. The molecule has 2 heteroatoms. The normalized spacial score (nSPS) is 10.8. The lowest BCUT2D eigenvalue weighted by atomic mass is 10.2. The molecule has 0 fully saturated rings. The fourth-order valence-electron chi connectivity index (χ4n) is 2.17. The molecule has 114 valence electrons. The molecule has 0 aromatic heterocycles. The molecule has 0 spiro atoms. The highest BCUT2D eigenvalue weighted by molar-refractivity contribution is 5.82. The van der Waals surface area contributed by atoms with Gasteiger partial charge in [-0.2, -0.15) is 0 Å². The third kappa shape index (κ3) is 4.55. The first-order chi connectivity index (χ1) is 11.3. The van der Waals surface area contributed by atoms with Gasteiger partial charge in [0.25, 0.3) is 0 Å². The zero-order valence-corrected chi connectivity index (χ0v) is 13.1. The fourth-order valence-corrected chi connectivity index (χ4v) is 2.17. The molecule has 0 amide bonds. The molecule has 0 aliphatic rings. The predicted octanol–water partition coefficient (Wildman–Crippen LogP) is 5.32. The maximum Gasteiger partial charge on any atom is 0.119 e. The molecule has 0 bridgehead atoms. The van der Waals surface area contributed by atoms with Crippen LogP contribution in [-0.4, -0.2) is 6.21 Å². The summed E-state index contributed by atoms with van der Waals surface area (Å²) in [5.74, 6) is 0.862. The first-order valence-corrected chi connectivity index (χ1v) is 7.67. The van der Waals surface area contributed by atoms with Crippen molar-refractivity contribution in [1.29, 1.82) is 0 Å². The standard InChI is InChI=1S/C21H19NO/c1-17-7-11-20(12-8-17)22-15-18-9-13-21(14-10-18)23-16-19-5-3-2-4-6-19/h2-15H,16H2,1H3. The SMILES string of the molecule is Cc1ccc(N=Cc2ccc(OCc3ccccc3)cc2)cc1. The monoisotopic (exact) mass is 301 g/mol. The van der Waals surface area contributed by atoms with Gasteiger partial charge in [-0.25, -0.2) is 0 Å². The van der Waals surface area contributed by atoms with Gasteiger partial charge < -0.3 is 4.74 Å². The van der Waals surface area contributed by atoms with Crippen molar-refractivity contribution in [2.75, 3.05) is 0 Å². The molecule has 0 atom stereocenters. The van der Waals surface area contributed by atoms with E-state index < -0.39 is 0 Å². The van der Waals surface area contributed by atoms with Crippen LogP contribution in [0.15, 0.2) is 83.9 Å². The molecule has 0 saturated heterocycles. The molecule has 2 nitrogen and oxygen atoms in total. The maximum absolute atomic E-state index is 5.78. The second kappa shape index (κ2) is 7.41. The molecule has 0 heterocycles. The summed E-state index contributed by atoms with van der Waals surface area (Å²) in [4.78, 5) is 4.48. The minimum absolute atomic E-state index is 0.581. The zero-order chi connectivity index (χ0) is 15.9. The maximum atomic E-state index is 5.78. The number of aliphatic imine (C=N–C) groups is 1. The molecular formula is C21H19NO. The van der Waals surface area contributed by atoms with E-state index in [1.807, 2.05) is 60.8 Å². The number of nitrogens with zero attached hydrogens (tertiary/aromatic N) is 1. The molecule has 0 aliphatic carbocycles. The first kappa shape index (κ1) is 15.0. The molecule has 3 aromatic rings. The van der Waals surface area contributed by atoms with Crippen LogP contribution in [0.5, 0.6) is 5.75 Å². The molecule has 23 heavy (non-hydrogen) atoms. The van der Waals surface area contributed by atoms with Crippen molar-refractivity contribution in [3.63, 3.8) is 0 Å². The van der Waals surface area contributed by atoms with E-state index >= 15 is 0 Å². The lowest BCUT2D eigenvalue weighted by molar-refractivity contribution is 0.306. The summed E-state index contributed by atoms with van der Waals surface area (Å²) in [7, 11) is 0. The Morgan fingerprint density at radius 3 is 2.22 bits per heavy atom. The highest BCUT2D eigenvalue weighted by Crippen LogP contribution is 2.15. The number of rotatable bonds is 5. The Morgan fingerprint density at radius 1 is 0.826 bits per heavy atom. The van der Waals surface area contributed by atoms with Gasteiger partial charge in [-0.15, -0.1) is 0 Å². The van der Waals surface area contributed by atoms with Gasteiger partial charge in [-0.1, -0.05) is 48.0 Å². The lowest BCUT2D eigenvalue weighted by Gasteiger charge is -2.06. The van der Waals surface area contributed by atoms with Crippen LogP contribution in [-0.2, 0) is 6.61 Å². The second-order valence-corrected chi connectivity index (χ2v) is 5.44. The smallest absolute Gasteiger partial charge is 0.119 e. The van der Waals surface area contributed by atoms with Gasteiger partial charge >= 0.3 is 0 Å². The average molecular weight is 301 g/mol. The minimum atomic E-state index is 0.581. The lowest BCUT2D eigenvalue weighted by Crippen LogP contribution is -1.94. The summed E-state index contributed by atoms with van der Waals surface area (Å²) in [6.07, 6.45) is 1.87. The van der Waals surface area contributed by atoms with Gasteiger partial charge in [0.1, 0.15) is 12.4 Å². The van der Waals surface area contributed by atoms with E-state index in [1.165, 1.54) is 5.56 Å². The molecule has 0 radical (unpaired) electrons. The first-order valence-electron chi connectivity index (χ1n) is 7.67. The Bertz CT molecular complexity index is 759. The molecule has 0 unspecified atom stereocenters. The summed E-state index contributed by atoms with van der Waals surface area (Å²) in [6, 6.07) is 26.3.